The average Bonchev–Trinajstić information content (AvgIpc) is 2.77. The fraction of sp³-hybridized carbons (Fsp3) is 0.188. The lowest BCUT2D eigenvalue weighted by molar-refractivity contribution is -0.278. The van der Waals surface area contributed by atoms with Gasteiger partial charge in [-0.2, -0.15) is 31.4 Å². The van der Waals surface area contributed by atoms with Crippen LogP contribution >= 0.6 is 0 Å². The summed E-state index contributed by atoms with van der Waals surface area (Å²) in [5.41, 5.74) is -1.98. The van der Waals surface area contributed by atoms with Gasteiger partial charge in [0.2, 0.25) is 0 Å². The maximum absolute atomic E-state index is 14.8. The number of hydrogen-bond acceptors (Lipinski definition) is 2. The molecule has 3 rings (SSSR count). The predicted molar refractivity (Wildman–Crippen MR) is 76.7 cm³/mol. The molecule has 0 aromatic heterocycles. The maximum atomic E-state index is 14.8. The van der Waals surface area contributed by atoms with Crippen LogP contribution in [0.1, 0.15) is 5.56 Å². The molecule has 0 fully saturated rings. The number of para-hydroxylation sites is 1. The molecule has 0 bridgehead atoms. The molecule has 8 heteroatoms. The van der Waals surface area contributed by atoms with Crippen molar-refractivity contribution in [3.63, 3.8) is 0 Å². The third kappa shape index (κ3) is 2.16. The monoisotopic (exact) mass is 344 g/mol. The van der Waals surface area contributed by atoms with E-state index in [4.69, 9.17) is 0 Å². The van der Waals surface area contributed by atoms with Gasteiger partial charge in [0.05, 0.1) is 5.69 Å². The Hall–Kier alpha value is -2.51. The van der Waals surface area contributed by atoms with Crippen molar-refractivity contribution >= 4 is 11.4 Å². The minimum absolute atomic E-state index is 0.285. The molecule has 2 nitrogen and oxygen atoms in total. The van der Waals surface area contributed by atoms with Gasteiger partial charge in [-0.3, -0.25) is 0 Å². The number of alkyl halides is 6. The lowest BCUT2D eigenvalue weighted by Crippen LogP contribution is -2.63. The van der Waals surface area contributed by atoms with E-state index in [0.717, 1.165) is 24.3 Å². The van der Waals surface area contributed by atoms with Gasteiger partial charge >= 0.3 is 17.9 Å². The van der Waals surface area contributed by atoms with E-state index in [-0.39, 0.29) is 10.6 Å². The van der Waals surface area contributed by atoms with Gasteiger partial charge < -0.3 is 0 Å². The van der Waals surface area contributed by atoms with E-state index in [1.54, 1.807) is 0 Å². The molecule has 2 aromatic carbocycles. The highest BCUT2D eigenvalue weighted by molar-refractivity contribution is 6.09. The first-order valence-corrected chi connectivity index (χ1v) is 6.83. The molecule has 1 heterocycles. The molecule has 2 aromatic rings. The van der Waals surface area contributed by atoms with Crippen LogP contribution < -0.4 is 5.01 Å². The zero-order valence-corrected chi connectivity index (χ0v) is 11.9. The molecule has 1 atom stereocenters. The van der Waals surface area contributed by atoms with Crippen molar-refractivity contribution < 1.29 is 26.3 Å². The summed E-state index contributed by atoms with van der Waals surface area (Å²) in [6, 6.07) is 12.7. The second kappa shape index (κ2) is 5.25. The van der Waals surface area contributed by atoms with E-state index < -0.39 is 29.3 Å². The van der Waals surface area contributed by atoms with Crippen molar-refractivity contribution in [3.05, 3.63) is 66.2 Å². The van der Waals surface area contributed by atoms with Crippen molar-refractivity contribution in [2.45, 2.75) is 17.9 Å². The molecule has 1 aliphatic rings. The van der Waals surface area contributed by atoms with Crippen molar-refractivity contribution in [3.8, 4) is 0 Å². The lowest BCUT2D eigenvalue weighted by atomic mass is 9.97. The molecule has 0 aliphatic carbocycles. The van der Waals surface area contributed by atoms with Gasteiger partial charge in [-0.1, -0.05) is 48.5 Å². The molecule has 0 saturated heterocycles. The van der Waals surface area contributed by atoms with Crippen LogP contribution in [0.25, 0.3) is 0 Å². The van der Waals surface area contributed by atoms with Crippen LogP contribution in [0.3, 0.4) is 0 Å². The summed E-state index contributed by atoms with van der Waals surface area (Å²) >= 11 is 0. The van der Waals surface area contributed by atoms with E-state index in [1.807, 2.05) is 0 Å². The summed E-state index contributed by atoms with van der Waals surface area (Å²) in [4.78, 5) is 0. The third-order valence-electron chi connectivity index (χ3n) is 3.63. The molecular weight excluding hydrogens is 334 g/mol. The predicted octanol–water partition coefficient (Wildman–Crippen LogP) is 4.77. The topological polar surface area (TPSA) is 15.6 Å². The minimum Gasteiger partial charge on any atom is -0.215 e. The Morgan fingerprint density at radius 3 is 1.79 bits per heavy atom. The molecule has 0 amide bonds. The first-order valence-electron chi connectivity index (χ1n) is 6.83. The number of hydrogen-bond donors (Lipinski definition) is 0. The smallest absolute Gasteiger partial charge is 0.215 e. The highest BCUT2D eigenvalue weighted by Gasteiger charge is 2.80. The molecule has 0 radical (unpaired) electrons. The average molecular weight is 344 g/mol. The van der Waals surface area contributed by atoms with Gasteiger partial charge in [-0.25, -0.2) is 5.01 Å². The first kappa shape index (κ1) is 16.4. The Morgan fingerprint density at radius 2 is 1.29 bits per heavy atom. The number of anilines is 1. The normalized spacial score (nSPS) is 23.2. The Morgan fingerprint density at radius 1 is 0.792 bits per heavy atom. The van der Waals surface area contributed by atoms with E-state index >= 15 is 0 Å². The molecule has 24 heavy (non-hydrogen) atoms. The zero-order chi connectivity index (χ0) is 17.6. The summed E-state index contributed by atoms with van der Waals surface area (Å²) in [6.45, 7) is 0. The molecule has 1 aliphatic heterocycles. The standard InChI is InChI=1S/C16H10F6N2/c17-14(18)13(11-7-3-1-4-8-11)23-24(12-9-5-2-6-10-12)15(14,19)16(20,21)22/h1-10H. The molecule has 0 saturated carbocycles. The van der Waals surface area contributed by atoms with Gasteiger partial charge in [0.15, 0.2) is 0 Å². The van der Waals surface area contributed by atoms with Crippen LogP contribution in [-0.4, -0.2) is 23.6 Å². The number of nitrogens with zero attached hydrogens (tertiary/aromatic N) is 2. The number of rotatable bonds is 2. The maximum Gasteiger partial charge on any atom is 0.450 e. The third-order valence-corrected chi connectivity index (χ3v) is 3.63. The summed E-state index contributed by atoms with van der Waals surface area (Å²) in [5.74, 6) is -9.87. The quantitative estimate of drug-likeness (QED) is 0.566. The molecular formula is C16H10F6N2. The van der Waals surface area contributed by atoms with Crippen LogP contribution in [0, 0.1) is 0 Å². The fourth-order valence-corrected chi connectivity index (χ4v) is 2.46. The Bertz CT molecular complexity index is 757. The van der Waals surface area contributed by atoms with Crippen molar-refractivity contribution in [1.82, 2.24) is 0 Å². The zero-order valence-electron chi connectivity index (χ0n) is 11.9. The molecule has 126 valence electrons. The van der Waals surface area contributed by atoms with E-state index in [2.05, 4.69) is 5.10 Å². The number of benzene rings is 2. The largest absolute Gasteiger partial charge is 0.450 e. The number of hydrazone groups is 1. The minimum atomic E-state index is -5.87. The van der Waals surface area contributed by atoms with Crippen molar-refractivity contribution in [2.75, 3.05) is 5.01 Å². The van der Waals surface area contributed by atoms with Gasteiger partial charge in [0, 0.05) is 5.56 Å². The SMILES string of the molecule is FC(F)(F)C1(F)N(c2ccccc2)N=C(c2ccccc2)C1(F)F. The van der Waals surface area contributed by atoms with Crippen LogP contribution in [0.2, 0.25) is 0 Å². The van der Waals surface area contributed by atoms with Gasteiger partial charge in [-0.05, 0) is 12.1 Å². The van der Waals surface area contributed by atoms with Crippen LogP contribution in [0.15, 0.2) is 65.8 Å². The summed E-state index contributed by atoms with van der Waals surface area (Å²) < 4.78 is 83.7. The second-order valence-electron chi connectivity index (χ2n) is 5.16. The summed E-state index contributed by atoms with van der Waals surface area (Å²) in [7, 11) is 0. The van der Waals surface area contributed by atoms with Crippen LogP contribution in [0.4, 0.5) is 32.0 Å². The number of halogens is 6. The van der Waals surface area contributed by atoms with Gasteiger partial charge in [0.25, 0.3) is 0 Å². The van der Waals surface area contributed by atoms with E-state index in [1.165, 1.54) is 36.4 Å². The van der Waals surface area contributed by atoms with E-state index in [0.29, 0.717) is 0 Å². The summed E-state index contributed by atoms with van der Waals surface area (Å²) in [6.07, 6.45) is -5.87. The Balaban J connectivity index is 2.23. The fourth-order valence-electron chi connectivity index (χ4n) is 2.46. The first-order chi connectivity index (χ1) is 11.2. The summed E-state index contributed by atoms with van der Waals surface area (Å²) in [5, 5.41) is 3.01. The lowest BCUT2D eigenvalue weighted by Gasteiger charge is -2.35. The molecule has 0 N–H and O–H groups in total. The van der Waals surface area contributed by atoms with Crippen molar-refractivity contribution in [1.29, 1.82) is 0 Å². The molecule has 0 spiro atoms. The van der Waals surface area contributed by atoms with Crippen molar-refractivity contribution in [2.24, 2.45) is 5.10 Å². The van der Waals surface area contributed by atoms with E-state index in [9.17, 15) is 26.3 Å². The molecule has 1 unspecified atom stereocenters. The second-order valence-corrected chi connectivity index (χ2v) is 5.16. The van der Waals surface area contributed by atoms with Gasteiger partial charge in [-0.15, -0.1) is 0 Å². The Kier molecular flexibility index (Phi) is 3.58. The van der Waals surface area contributed by atoms with Gasteiger partial charge in [0.1, 0.15) is 5.71 Å². The highest BCUT2D eigenvalue weighted by Crippen LogP contribution is 2.54. The van der Waals surface area contributed by atoms with Crippen LogP contribution in [-0.2, 0) is 0 Å². The Labute approximate surface area is 133 Å². The highest BCUT2D eigenvalue weighted by atomic mass is 19.4. The van der Waals surface area contributed by atoms with Crippen LogP contribution in [0.5, 0.6) is 0 Å².